The van der Waals surface area contributed by atoms with Crippen molar-refractivity contribution >= 4 is 11.0 Å². The zero-order valence-corrected chi connectivity index (χ0v) is 17.9. The maximum absolute atomic E-state index is 5.91. The zero-order chi connectivity index (χ0) is 19.3. The third kappa shape index (κ3) is 8.49. The van der Waals surface area contributed by atoms with Crippen LogP contribution in [0.2, 0.25) is 0 Å². The van der Waals surface area contributed by atoms with Crippen molar-refractivity contribution in [3.8, 4) is 0 Å². The number of nitrogens with zero attached hydrogens (tertiary/aromatic N) is 2. The molecule has 0 atom stereocenters. The lowest BCUT2D eigenvalue weighted by molar-refractivity contribution is 0.290. The van der Waals surface area contributed by atoms with Crippen LogP contribution >= 0.6 is 0 Å². The van der Waals surface area contributed by atoms with Crippen molar-refractivity contribution in [2.75, 3.05) is 33.2 Å². The van der Waals surface area contributed by atoms with Crippen molar-refractivity contribution in [1.82, 2.24) is 9.80 Å². The summed E-state index contributed by atoms with van der Waals surface area (Å²) >= 11 is 0. The Balaban J connectivity index is 1.44. The second-order valence-electron chi connectivity index (χ2n) is 7.84. The summed E-state index contributed by atoms with van der Waals surface area (Å²) in [6, 6.07) is 10.4. The lowest BCUT2D eigenvalue weighted by Crippen LogP contribution is -2.23. The Kier molecular flexibility index (Phi) is 10.5. The first-order chi connectivity index (χ1) is 13.2. The highest BCUT2D eigenvalue weighted by Gasteiger charge is 2.06. The van der Waals surface area contributed by atoms with Gasteiger partial charge in [0.15, 0.2) is 0 Å². The van der Waals surface area contributed by atoms with E-state index in [1.54, 1.807) is 0 Å². The molecule has 0 aliphatic rings. The van der Waals surface area contributed by atoms with E-state index in [9.17, 15) is 0 Å². The molecule has 0 radical (unpaired) electrons. The number of furan rings is 1. The molecule has 1 aromatic heterocycles. The van der Waals surface area contributed by atoms with Gasteiger partial charge in [0.1, 0.15) is 11.3 Å². The Labute approximate surface area is 166 Å². The van der Waals surface area contributed by atoms with Gasteiger partial charge in [-0.3, -0.25) is 4.90 Å². The number of benzene rings is 1. The van der Waals surface area contributed by atoms with Gasteiger partial charge in [-0.05, 0) is 58.2 Å². The highest BCUT2D eigenvalue weighted by molar-refractivity contribution is 5.77. The molecule has 0 amide bonds. The Hall–Kier alpha value is -1.32. The normalized spacial score (nSPS) is 11.9. The highest BCUT2D eigenvalue weighted by atomic mass is 16.3. The molecule has 0 aliphatic heterocycles. The monoisotopic (exact) mass is 372 g/mol. The van der Waals surface area contributed by atoms with E-state index in [-0.39, 0.29) is 0 Å². The number of hydrogen-bond donors (Lipinski definition) is 0. The second-order valence-corrected chi connectivity index (χ2v) is 7.84. The van der Waals surface area contributed by atoms with Gasteiger partial charge in [-0.25, -0.2) is 0 Å². The summed E-state index contributed by atoms with van der Waals surface area (Å²) in [6.45, 7) is 10.3. The molecule has 1 aromatic carbocycles. The lowest BCUT2D eigenvalue weighted by atomic mass is 10.1. The van der Waals surface area contributed by atoms with Crippen LogP contribution in [0.15, 0.2) is 34.7 Å². The Bertz CT molecular complexity index is 585. The van der Waals surface area contributed by atoms with Crippen molar-refractivity contribution in [2.45, 2.75) is 71.8 Å². The molecule has 3 heteroatoms. The fraction of sp³-hybridized carbons (Fsp3) is 0.667. The summed E-state index contributed by atoms with van der Waals surface area (Å²) in [7, 11) is 2.20. The molecule has 2 aromatic rings. The molecule has 0 spiro atoms. The Morgan fingerprint density at radius 2 is 1.37 bits per heavy atom. The van der Waals surface area contributed by atoms with Crippen LogP contribution in [0, 0.1) is 0 Å². The number of hydrogen-bond acceptors (Lipinski definition) is 3. The molecular weight excluding hydrogens is 332 g/mol. The highest BCUT2D eigenvalue weighted by Crippen LogP contribution is 2.19. The maximum Gasteiger partial charge on any atom is 0.134 e. The summed E-state index contributed by atoms with van der Waals surface area (Å²) < 4.78 is 5.91. The van der Waals surface area contributed by atoms with Gasteiger partial charge < -0.3 is 9.32 Å². The SMILES string of the molecule is CCN(CC)CCCCCCCCCCN(C)Cc1cc2ccccc2o1. The third-order valence-electron chi connectivity index (χ3n) is 5.56. The molecule has 0 N–H and O–H groups in total. The summed E-state index contributed by atoms with van der Waals surface area (Å²) in [5, 5.41) is 1.21. The van der Waals surface area contributed by atoms with Crippen molar-refractivity contribution in [1.29, 1.82) is 0 Å². The minimum Gasteiger partial charge on any atom is -0.460 e. The quantitative estimate of drug-likeness (QED) is 0.341. The second kappa shape index (κ2) is 13.0. The Morgan fingerprint density at radius 3 is 2.00 bits per heavy atom. The van der Waals surface area contributed by atoms with Gasteiger partial charge in [-0.2, -0.15) is 0 Å². The summed E-state index contributed by atoms with van der Waals surface area (Å²) in [5.41, 5.74) is 0.998. The number of fused-ring (bicyclic) bond motifs is 1. The largest absolute Gasteiger partial charge is 0.460 e. The van der Waals surface area contributed by atoms with E-state index in [1.165, 1.54) is 76.4 Å². The number of unbranched alkanes of at least 4 members (excludes halogenated alkanes) is 7. The van der Waals surface area contributed by atoms with E-state index >= 15 is 0 Å². The van der Waals surface area contributed by atoms with E-state index in [4.69, 9.17) is 4.42 Å². The lowest BCUT2D eigenvalue weighted by Gasteiger charge is -2.17. The van der Waals surface area contributed by atoms with E-state index < -0.39 is 0 Å². The first-order valence-electron chi connectivity index (χ1n) is 11.1. The zero-order valence-electron chi connectivity index (χ0n) is 17.9. The molecule has 1 heterocycles. The van der Waals surface area contributed by atoms with Crippen LogP contribution in [-0.4, -0.2) is 43.0 Å². The van der Waals surface area contributed by atoms with Crippen LogP contribution in [0.25, 0.3) is 11.0 Å². The third-order valence-corrected chi connectivity index (χ3v) is 5.56. The van der Waals surface area contributed by atoms with Gasteiger partial charge in [0, 0.05) is 5.39 Å². The fourth-order valence-electron chi connectivity index (χ4n) is 3.78. The molecule has 0 fully saturated rings. The average Bonchev–Trinajstić information content (AvgIpc) is 3.08. The van der Waals surface area contributed by atoms with Gasteiger partial charge in [-0.1, -0.05) is 70.6 Å². The first kappa shape index (κ1) is 22.0. The average molecular weight is 373 g/mol. The number of para-hydroxylation sites is 1. The van der Waals surface area contributed by atoms with Crippen LogP contribution in [0.1, 0.15) is 71.0 Å². The molecule has 27 heavy (non-hydrogen) atoms. The van der Waals surface area contributed by atoms with Crippen molar-refractivity contribution < 1.29 is 4.42 Å². The van der Waals surface area contributed by atoms with Crippen molar-refractivity contribution in [3.63, 3.8) is 0 Å². The van der Waals surface area contributed by atoms with Gasteiger partial charge in [0.05, 0.1) is 6.54 Å². The summed E-state index contributed by atoms with van der Waals surface area (Å²) in [6.07, 6.45) is 11.0. The van der Waals surface area contributed by atoms with Crippen LogP contribution in [-0.2, 0) is 6.54 Å². The maximum atomic E-state index is 5.91. The molecule has 0 saturated carbocycles. The molecule has 2 rings (SSSR count). The smallest absolute Gasteiger partial charge is 0.134 e. The molecule has 0 bridgehead atoms. The van der Waals surface area contributed by atoms with E-state index in [0.717, 1.165) is 24.4 Å². The van der Waals surface area contributed by atoms with Crippen LogP contribution in [0.5, 0.6) is 0 Å². The molecule has 0 aliphatic carbocycles. The van der Waals surface area contributed by atoms with Gasteiger partial charge >= 0.3 is 0 Å². The van der Waals surface area contributed by atoms with Crippen molar-refractivity contribution in [2.24, 2.45) is 0 Å². The minimum absolute atomic E-state index is 0.904. The van der Waals surface area contributed by atoms with Crippen LogP contribution in [0.3, 0.4) is 0 Å². The van der Waals surface area contributed by atoms with Crippen LogP contribution in [0.4, 0.5) is 0 Å². The number of rotatable bonds is 15. The van der Waals surface area contributed by atoms with Crippen molar-refractivity contribution in [3.05, 3.63) is 36.1 Å². The Morgan fingerprint density at radius 1 is 0.778 bits per heavy atom. The van der Waals surface area contributed by atoms with Gasteiger partial charge in [0.2, 0.25) is 0 Å². The van der Waals surface area contributed by atoms with E-state index in [1.807, 2.05) is 12.1 Å². The van der Waals surface area contributed by atoms with E-state index in [0.29, 0.717) is 0 Å². The fourth-order valence-corrected chi connectivity index (χ4v) is 3.78. The van der Waals surface area contributed by atoms with E-state index in [2.05, 4.69) is 48.9 Å². The molecule has 152 valence electrons. The van der Waals surface area contributed by atoms with Gasteiger partial charge in [-0.15, -0.1) is 0 Å². The summed E-state index contributed by atoms with van der Waals surface area (Å²) in [4.78, 5) is 4.91. The van der Waals surface area contributed by atoms with Gasteiger partial charge in [0.25, 0.3) is 0 Å². The first-order valence-corrected chi connectivity index (χ1v) is 11.1. The topological polar surface area (TPSA) is 19.6 Å². The summed E-state index contributed by atoms with van der Waals surface area (Å²) in [5.74, 6) is 1.07. The predicted octanol–water partition coefficient (Wildman–Crippen LogP) is 6.33. The standard InChI is InChI=1S/C24H40N2O/c1-4-26(5-2)19-15-11-9-7-6-8-10-14-18-25(3)21-23-20-22-16-12-13-17-24(22)27-23/h12-13,16-17,20H,4-11,14-15,18-19,21H2,1-3H3. The molecule has 0 saturated heterocycles. The molecular formula is C24H40N2O. The minimum atomic E-state index is 0.904. The molecule has 3 nitrogen and oxygen atoms in total. The molecule has 0 unspecified atom stereocenters. The predicted molar refractivity (Wildman–Crippen MR) is 117 cm³/mol. The van der Waals surface area contributed by atoms with Crippen LogP contribution < -0.4 is 0 Å².